The number of aliphatic carboxylic acids is 1. The molecule has 4 amide bonds. The molecular weight excluding hydrogens is 452 g/mol. The van der Waals surface area contributed by atoms with Gasteiger partial charge in [-0.2, -0.15) is 0 Å². The predicted octanol–water partition coefficient (Wildman–Crippen LogP) is -4.41. The molecule has 192 valence electrons. The van der Waals surface area contributed by atoms with Crippen molar-refractivity contribution in [2.24, 2.45) is 22.2 Å². The number of aliphatic imine (C=N–C) groups is 1. The largest absolute Gasteiger partial charge is 0.480 e. The van der Waals surface area contributed by atoms with E-state index in [9.17, 15) is 24.0 Å². The highest BCUT2D eigenvalue weighted by Crippen LogP contribution is 2.08. The number of carbonyl (C=O) groups is 5. The summed E-state index contributed by atoms with van der Waals surface area (Å²) in [5, 5.41) is 28.4. The topological polar surface area (TPSA) is 264 Å². The second kappa shape index (κ2) is 14.6. The summed E-state index contributed by atoms with van der Waals surface area (Å²) in [7, 11) is 0. The van der Waals surface area contributed by atoms with Crippen LogP contribution in [-0.4, -0.2) is 89.6 Å². The van der Waals surface area contributed by atoms with Gasteiger partial charge in [-0.05, 0) is 38.6 Å². The van der Waals surface area contributed by atoms with Gasteiger partial charge in [-0.15, -0.1) is 0 Å². The van der Waals surface area contributed by atoms with Gasteiger partial charge in [0.2, 0.25) is 23.6 Å². The zero-order chi connectivity index (χ0) is 25.7. The average molecular weight is 487 g/mol. The highest BCUT2D eigenvalue weighted by Gasteiger charge is 2.31. The first-order chi connectivity index (χ1) is 16.0. The number of carboxylic acid groups (broad SMARTS) is 1. The van der Waals surface area contributed by atoms with E-state index in [2.05, 4.69) is 26.3 Å². The zero-order valence-electron chi connectivity index (χ0n) is 18.8. The molecule has 0 bridgehead atoms. The Bertz CT molecular complexity index is 766. The molecule has 1 fully saturated rings. The van der Waals surface area contributed by atoms with Crippen LogP contribution in [0.25, 0.3) is 0 Å². The molecule has 0 aromatic heterocycles. The second-order valence-electron chi connectivity index (χ2n) is 7.81. The molecule has 0 aliphatic carbocycles. The van der Waals surface area contributed by atoms with Gasteiger partial charge in [0.05, 0.1) is 12.6 Å². The first-order valence-electron chi connectivity index (χ1n) is 10.9. The van der Waals surface area contributed by atoms with Crippen molar-refractivity contribution in [3.63, 3.8) is 0 Å². The maximum absolute atomic E-state index is 13.0. The Morgan fingerprint density at radius 1 is 0.971 bits per heavy atom. The Labute approximate surface area is 196 Å². The number of carboxylic acids is 1. The molecule has 1 rings (SSSR count). The van der Waals surface area contributed by atoms with Crippen molar-refractivity contribution >= 4 is 35.6 Å². The first kappa shape index (κ1) is 28.6. The summed E-state index contributed by atoms with van der Waals surface area (Å²) in [6.07, 6.45) is 1.39. The number of hydrogen-bond donors (Lipinski definition) is 9. The Kier molecular flexibility index (Phi) is 12.3. The van der Waals surface area contributed by atoms with Crippen LogP contribution in [0, 0.1) is 0 Å². The minimum atomic E-state index is -1.61. The monoisotopic (exact) mass is 486 g/mol. The molecule has 1 saturated heterocycles. The fourth-order valence-corrected chi connectivity index (χ4v) is 3.24. The lowest BCUT2D eigenvalue weighted by molar-refractivity contribution is -0.143. The number of carbonyl (C=O) groups excluding carboxylic acids is 4. The van der Waals surface area contributed by atoms with Crippen molar-refractivity contribution in [2.75, 3.05) is 19.7 Å². The minimum absolute atomic E-state index is 0.125. The van der Waals surface area contributed by atoms with Crippen molar-refractivity contribution in [2.45, 2.75) is 62.7 Å². The molecule has 0 radical (unpaired) electrons. The van der Waals surface area contributed by atoms with Crippen LogP contribution in [0.2, 0.25) is 0 Å². The van der Waals surface area contributed by atoms with E-state index in [4.69, 9.17) is 27.4 Å². The maximum atomic E-state index is 13.0. The Hall–Kier alpha value is -3.46. The Balaban J connectivity index is 2.94. The van der Waals surface area contributed by atoms with Gasteiger partial charge in [0.25, 0.3) is 0 Å². The summed E-state index contributed by atoms with van der Waals surface area (Å²) in [6, 6.07) is -4.46. The van der Waals surface area contributed by atoms with Crippen LogP contribution in [0.4, 0.5) is 0 Å². The first-order valence-corrected chi connectivity index (χ1v) is 10.9. The van der Waals surface area contributed by atoms with Crippen LogP contribution in [-0.2, 0) is 24.0 Å². The van der Waals surface area contributed by atoms with E-state index >= 15 is 0 Å². The lowest BCUT2D eigenvalue weighted by atomic mass is 10.1. The summed E-state index contributed by atoms with van der Waals surface area (Å²) in [5.74, 6) is -4.39. The van der Waals surface area contributed by atoms with Gasteiger partial charge >= 0.3 is 5.97 Å². The number of nitrogens with two attached hydrogens (primary N) is 3. The van der Waals surface area contributed by atoms with Crippen molar-refractivity contribution in [1.29, 1.82) is 0 Å². The summed E-state index contributed by atoms with van der Waals surface area (Å²) in [4.78, 5) is 64.2. The maximum Gasteiger partial charge on any atom is 0.328 e. The summed E-state index contributed by atoms with van der Waals surface area (Å²) >= 11 is 0. The van der Waals surface area contributed by atoms with Gasteiger partial charge in [-0.25, -0.2) is 4.79 Å². The molecule has 15 nitrogen and oxygen atoms in total. The predicted molar refractivity (Wildman–Crippen MR) is 120 cm³/mol. The van der Waals surface area contributed by atoms with Crippen LogP contribution >= 0.6 is 0 Å². The number of nitrogens with one attached hydrogen (secondary N) is 4. The number of nitrogens with zero attached hydrogens (tertiary/aromatic N) is 1. The van der Waals surface area contributed by atoms with Crippen LogP contribution in [0.3, 0.4) is 0 Å². The molecular formula is C19H34N8O7. The van der Waals surface area contributed by atoms with E-state index in [1.807, 2.05) is 0 Å². The number of primary amides is 1. The van der Waals surface area contributed by atoms with E-state index in [1.54, 1.807) is 0 Å². The molecule has 0 aromatic rings. The van der Waals surface area contributed by atoms with E-state index in [0.29, 0.717) is 19.4 Å². The molecule has 1 aliphatic heterocycles. The van der Waals surface area contributed by atoms with E-state index in [0.717, 1.165) is 6.42 Å². The van der Waals surface area contributed by atoms with E-state index < -0.39 is 54.5 Å². The number of rotatable bonds is 15. The number of aliphatic hydroxyl groups excluding tert-OH is 1. The number of amides is 4. The molecule has 4 atom stereocenters. The van der Waals surface area contributed by atoms with Crippen LogP contribution in [0.15, 0.2) is 4.99 Å². The molecule has 0 aromatic carbocycles. The van der Waals surface area contributed by atoms with Crippen molar-refractivity contribution in [3.8, 4) is 0 Å². The van der Waals surface area contributed by atoms with Crippen molar-refractivity contribution < 1.29 is 34.2 Å². The fraction of sp³-hybridized carbons (Fsp3) is 0.684. The lowest BCUT2D eigenvalue weighted by Gasteiger charge is -2.25. The van der Waals surface area contributed by atoms with Crippen molar-refractivity contribution in [3.05, 3.63) is 0 Å². The molecule has 1 aliphatic rings. The number of guanidine groups is 1. The third-order valence-corrected chi connectivity index (χ3v) is 5.06. The van der Waals surface area contributed by atoms with E-state index in [-0.39, 0.29) is 37.7 Å². The van der Waals surface area contributed by atoms with Crippen LogP contribution < -0.4 is 38.5 Å². The van der Waals surface area contributed by atoms with Gasteiger partial charge in [-0.1, -0.05) is 0 Å². The standard InChI is InChI=1S/C19H34N8O7/c20-14(29)6-5-12(17(32)27-13(9-28)18(33)34)26-16(31)11(4-2-8-24-19(21)22)25-15(30)10-3-1-7-23-10/h10-13,23,28H,1-9H2,(H2,20,29)(H,25,30)(H,26,31)(H,27,32)(H,33,34)(H4,21,22,24). The van der Waals surface area contributed by atoms with Gasteiger partial charge in [0.15, 0.2) is 5.96 Å². The summed E-state index contributed by atoms with van der Waals surface area (Å²) in [6.45, 7) is -0.00806. The van der Waals surface area contributed by atoms with E-state index in [1.165, 1.54) is 0 Å². The quantitative estimate of drug-likeness (QED) is 0.0609. The van der Waals surface area contributed by atoms with Gasteiger partial charge in [-0.3, -0.25) is 24.2 Å². The Morgan fingerprint density at radius 2 is 1.59 bits per heavy atom. The van der Waals surface area contributed by atoms with Crippen LogP contribution in [0.5, 0.6) is 0 Å². The smallest absolute Gasteiger partial charge is 0.328 e. The van der Waals surface area contributed by atoms with Gasteiger partial charge in [0.1, 0.15) is 18.1 Å². The lowest BCUT2D eigenvalue weighted by Crippen LogP contribution is -2.57. The normalized spacial score (nSPS) is 17.6. The zero-order valence-corrected chi connectivity index (χ0v) is 18.8. The minimum Gasteiger partial charge on any atom is -0.480 e. The molecule has 0 saturated carbocycles. The second-order valence-corrected chi connectivity index (χ2v) is 7.81. The molecule has 34 heavy (non-hydrogen) atoms. The summed E-state index contributed by atoms with van der Waals surface area (Å²) < 4.78 is 0. The SMILES string of the molecule is NC(=O)CCC(NC(=O)C(CCCN=C(N)N)NC(=O)C1CCCN1)C(=O)NC(CO)C(=O)O. The average Bonchev–Trinajstić information content (AvgIpc) is 3.31. The Morgan fingerprint density at radius 3 is 2.09 bits per heavy atom. The third kappa shape index (κ3) is 10.4. The van der Waals surface area contributed by atoms with Gasteiger partial charge < -0.3 is 48.7 Å². The number of aliphatic hydroxyl groups is 1. The molecule has 15 heteroatoms. The summed E-state index contributed by atoms with van der Waals surface area (Å²) in [5.41, 5.74) is 15.7. The van der Waals surface area contributed by atoms with Crippen LogP contribution in [0.1, 0.15) is 38.5 Å². The number of hydrogen-bond acceptors (Lipinski definition) is 8. The fourth-order valence-electron chi connectivity index (χ4n) is 3.24. The molecule has 1 heterocycles. The highest BCUT2D eigenvalue weighted by molar-refractivity contribution is 5.94. The molecule has 4 unspecified atom stereocenters. The van der Waals surface area contributed by atoms with Gasteiger partial charge in [0, 0.05) is 13.0 Å². The molecule has 12 N–H and O–H groups in total. The van der Waals surface area contributed by atoms with Crippen molar-refractivity contribution in [1.82, 2.24) is 21.3 Å². The third-order valence-electron chi connectivity index (χ3n) is 5.06. The highest BCUT2D eigenvalue weighted by atomic mass is 16.4. The molecule has 0 spiro atoms.